The van der Waals surface area contributed by atoms with Crippen molar-refractivity contribution in [2.45, 2.75) is 45.0 Å². The van der Waals surface area contributed by atoms with Gasteiger partial charge in [-0.05, 0) is 20.8 Å². The summed E-state index contributed by atoms with van der Waals surface area (Å²) in [4.78, 5) is 14.0. The lowest BCUT2D eigenvalue weighted by Gasteiger charge is -2.37. The lowest BCUT2D eigenvalue weighted by molar-refractivity contribution is 0.00428. The predicted molar refractivity (Wildman–Crippen MR) is 65.4 cm³/mol. The molecule has 104 valence electrons. The number of carbonyl (C=O) groups excluding carboxylic acids is 1. The predicted octanol–water partition coefficient (Wildman–Crippen LogP) is 0.969. The molecule has 2 atom stereocenters. The van der Waals surface area contributed by atoms with Crippen molar-refractivity contribution in [1.82, 2.24) is 19.9 Å². The smallest absolute Gasteiger partial charge is 0.411 e. The van der Waals surface area contributed by atoms with Crippen molar-refractivity contribution >= 4 is 6.09 Å². The van der Waals surface area contributed by atoms with Gasteiger partial charge >= 0.3 is 6.09 Å². The summed E-state index contributed by atoms with van der Waals surface area (Å²) < 4.78 is 12.8. The van der Waals surface area contributed by atoms with Crippen LogP contribution in [0.1, 0.15) is 32.5 Å². The topological polar surface area (TPSA) is 69.5 Å². The van der Waals surface area contributed by atoms with Crippen LogP contribution in [0.4, 0.5) is 4.79 Å². The molecule has 1 fully saturated rings. The van der Waals surface area contributed by atoms with Crippen molar-refractivity contribution in [2.24, 2.45) is 0 Å². The summed E-state index contributed by atoms with van der Waals surface area (Å²) in [5.41, 5.74) is 0.416. The zero-order chi connectivity index (χ0) is 13.6. The highest BCUT2D eigenvalue weighted by Gasteiger charge is 2.43. The first kappa shape index (κ1) is 12.4. The Kier molecular flexibility index (Phi) is 2.74. The number of amides is 1. The van der Waals surface area contributed by atoms with Gasteiger partial charge in [-0.1, -0.05) is 5.21 Å². The minimum absolute atomic E-state index is 0.0240. The second-order valence-corrected chi connectivity index (χ2v) is 5.95. The largest absolute Gasteiger partial charge is 0.444 e. The minimum Gasteiger partial charge on any atom is -0.444 e. The molecule has 1 amide bonds. The van der Waals surface area contributed by atoms with Gasteiger partial charge in [0.05, 0.1) is 37.7 Å². The fourth-order valence-electron chi connectivity index (χ4n) is 2.53. The first-order chi connectivity index (χ1) is 8.96. The van der Waals surface area contributed by atoms with Crippen LogP contribution in [0.5, 0.6) is 0 Å². The van der Waals surface area contributed by atoms with E-state index in [0.717, 1.165) is 5.69 Å². The number of fused-ring (bicyclic) bond motifs is 3. The first-order valence-corrected chi connectivity index (χ1v) is 6.42. The molecule has 1 aromatic rings. The molecule has 7 heteroatoms. The number of nitrogens with zero attached hydrogens (tertiary/aromatic N) is 4. The highest BCUT2D eigenvalue weighted by atomic mass is 16.6. The molecule has 0 unspecified atom stereocenters. The summed E-state index contributed by atoms with van der Waals surface area (Å²) in [5.74, 6) is 0. The Labute approximate surface area is 111 Å². The molecule has 1 saturated heterocycles. The quantitative estimate of drug-likeness (QED) is 0.699. The van der Waals surface area contributed by atoms with Crippen molar-refractivity contribution in [3.8, 4) is 0 Å². The third-order valence-corrected chi connectivity index (χ3v) is 3.35. The zero-order valence-electron chi connectivity index (χ0n) is 11.4. The van der Waals surface area contributed by atoms with Gasteiger partial charge in [-0.15, -0.1) is 5.10 Å². The highest BCUT2D eigenvalue weighted by Crippen LogP contribution is 2.31. The molecule has 0 spiro atoms. The molecule has 2 aliphatic rings. The van der Waals surface area contributed by atoms with E-state index >= 15 is 0 Å². The molecule has 3 rings (SSSR count). The second-order valence-electron chi connectivity index (χ2n) is 5.95. The summed E-state index contributed by atoms with van der Waals surface area (Å²) in [7, 11) is 0. The fourth-order valence-corrected chi connectivity index (χ4v) is 2.53. The molecule has 0 aromatic carbocycles. The summed E-state index contributed by atoms with van der Waals surface area (Å²) >= 11 is 0. The van der Waals surface area contributed by atoms with Crippen molar-refractivity contribution in [3.63, 3.8) is 0 Å². The monoisotopic (exact) mass is 266 g/mol. The molecule has 1 aromatic heterocycles. The maximum Gasteiger partial charge on any atom is 0.411 e. The van der Waals surface area contributed by atoms with Crippen molar-refractivity contribution < 1.29 is 14.3 Å². The molecule has 0 aliphatic carbocycles. The van der Waals surface area contributed by atoms with Crippen LogP contribution < -0.4 is 0 Å². The maximum absolute atomic E-state index is 12.3. The van der Waals surface area contributed by atoms with Gasteiger partial charge in [-0.2, -0.15) is 0 Å². The van der Waals surface area contributed by atoms with Crippen LogP contribution in [0.15, 0.2) is 6.20 Å². The normalized spacial score (nSPS) is 25.9. The average Bonchev–Trinajstić information content (AvgIpc) is 2.93. The van der Waals surface area contributed by atoms with E-state index in [1.165, 1.54) is 0 Å². The van der Waals surface area contributed by atoms with Gasteiger partial charge in [0.1, 0.15) is 11.6 Å². The third-order valence-electron chi connectivity index (χ3n) is 3.35. The standard InChI is InChI=1S/C12H18N4O3/c1-12(2,3)19-11(17)15-5-8-4-13-14-16(8)10-7-18-6-9(10)15/h4,9-10H,5-7H2,1-3H3/t9-,10-/m1/s1. The van der Waals surface area contributed by atoms with E-state index in [1.54, 1.807) is 11.1 Å². The fraction of sp³-hybridized carbons (Fsp3) is 0.750. The van der Waals surface area contributed by atoms with E-state index in [9.17, 15) is 4.79 Å². The van der Waals surface area contributed by atoms with E-state index in [4.69, 9.17) is 9.47 Å². The van der Waals surface area contributed by atoms with Gasteiger partial charge in [0, 0.05) is 0 Å². The molecule has 0 bridgehead atoms. The second kappa shape index (κ2) is 4.19. The summed E-state index contributed by atoms with van der Waals surface area (Å²) in [5, 5.41) is 7.99. The van der Waals surface area contributed by atoms with Gasteiger partial charge in [0.15, 0.2) is 0 Å². The number of hydrogen-bond donors (Lipinski definition) is 0. The van der Waals surface area contributed by atoms with Crippen LogP contribution in [-0.2, 0) is 16.0 Å². The van der Waals surface area contributed by atoms with Crippen LogP contribution >= 0.6 is 0 Å². The molecule has 3 heterocycles. The lowest BCUT2D eigenvalue weighted by Crippen LogP contribution is -2.50. The number of aromatic nitrogens is 3. The minimum atomic E-state index is -0.498. The lowest BCUT2D eigenvalue weighted by atomic mass is 10.1. The Hall–Kier alpha value is -1.63. The molecular formula is C12H18N4O3. The zero-order valence-corrected chi connectivity index (χ0v) is 11.4. The van der Waals surface area contributed by atoms with E-state index in [2.05, 4.69) is 10.3 Å². The Morgan fingerprint density at radius 1 is 1.42 bits per heavy atom. The van der Waals surface area contributed by atoms with E-state index in [1.807, 2.05) is 25.5 Å². The molecule has 2 aliphatic heterocycles. The third kappa shape index (κ3) is 2.18. The molecule has 19 heavy (non-hydrogen) atoms. The molecule has 7 nitrogen and oxygen atoms in total. The van der Waals surface area contributed by atoms with Gasteiger partial charge < -0.3 is 9.47 Å². The van der Waals surface area contributed by atoms with Crippen LogP contribution in [-0.4, -0.2) is 50.8 Å². The summed E-state index contributed by atoms with van der Waals surface area (Å²) in [6.45, 7) is 7.13. The number of rotatable bonds is 0. The highest BCUT2D eigenvalue weighted by molar-refractivity contribution is 5.69. The molecule has 0 N–H and O–H groups in total. The first-order valence-electron chi connectivity index (χ1n) is 6.42. The number of ether oxygens (including phenoxy) is 2. The van der Waals surface area contributed by atoms with Crippen LogP contribution in [0.3, 0.4) is 0 Å². The van der Waals surface area contributed by atoms with Gasteiger partial charge in [0.25, 0.3) is 0 Å². The van der Waals surface area contributed by atoms with Gasteiger partial charge in [0.2, 0.25) is 0 Å². The van der Waals surface area contributed by atoms with Crippen LogP contribution in [0.25, 0.3) is 0 Å². The average molecular weight is 266 g/mol. The summed E-state index contributed by atoms with van der Waals surface area (Å²) in [6, 6.07) is 0.0165. The SMILES string of the molecule is CC(C)(C)OC(=O)N1Cc2cnnn2[C@@H]2COC[C@H]21. The Balaban J connectivity index is 1.85. The van der Waals surface area contributed by atoms with E-state index in [-0.39, 0.29) is 18.2 Å². The molecule has 0 saturated carbocycles. The van der Waals surface area contributed by atoms with E-state index < -0.39 is 5.60 Å². The van der Waals surface area contributed by atoms with Crippen molar-refractivity contribution in [2.75, 3.05) is 13.2 Å². The van der Waals surface area contributed by atoms with E-state index in [0.29, 0.717) is 19.8 Å². The van der Waals surface area contributed by atoms with Crippen LogP contribution in [0, 0.1) is 0 Å². The number of carbonyl (C=O) groups is 1. The Morgan fingerprint density at radius 3 is 2.89 bits per heavy atom. The van der Waals surface area contributed by atoms with Gasteiger partial charge in [-0.25, -0.2) is 9.48 Å². The molecular weight excluding hydrogens is 248 g/mol. The number of hydrogen-bond acceptors (Lipinski definition) is 5. The summed E-state index contributed by atoms with van der Waals surface area (Å²) in [6.07, 6.45) is 1.38. The van der Waals surface area contributed by atoms with Gasteiger partial charge in [-0.3, -0.25) is 4.90 Å². The Bertz CT molecular complexity index is 493. The van der Waals surface area contributed by atoms with Crippen molar-refractivity contribution in [1.29, 1.82) is 0 Å². The molecule has 0 radical (unpaired) electrons. The Morgan fingerprint density at radius 2 is 2.16 bits per heavy atom. The maximum atomic E-state index is 12.3. The van der Waals surface area contributed by atoms with Crippen molar-refractivity contribution in [3.05, 3.63) is 11.9 Å². The van der Waals surface area contributed by atoms with Crippen LogP contribution in [0.2, 0.25) is 0 Å².